The van der Waals surface area contributed by atoms with Crippen molar-refractivity contribution in [3.05, 3.63) is 29.8 Å². The van der Waals surface area contributed by atoms with E-state index in [4.69, 9.17) is 9.84 Å². The molecule has 0 aromatic heterocycles. The second-order valence-electron chi connectivity index (χ2n) is 4.37. The highest BCUT2D eigenvalue weighted by molar-refractivity contribution is 5.69. The molecule has 1 atom stereocenters. The number of alkyl halides is 3. The SMILES string of the molecule is COc1cccc(C(C)N(CC(=O)O)CC(F)(F)F)c1. The number of hydrogen-bond donors (Lipinski definition) is 1. The topological polar surface area (TPSA) is 49.8 Å². The van der Waals surface area contributed by atoms with Crippen LogP contribution in [0.4, 0.5) is 13.2 Å². The zero-order chi connectivity index (χ0) is 15.3. The van der Waals surface area contributed by atoms with Gasteiger partial charge in [-0.25, -0.2) is 0 Å². The molecule has 4 nitrogen and oxygen atoms in total. The molecule has 0 fully saturated rings. The van der Waals surface area contributed by atoms with E-state index in [0.717, 1.165) is 4.90 Å². The van der Waals surface area contributed by atoms with Gasteiger partial charge in [-0.05, 0) is 24.6 Å². The smallest absolute Gasteiger partial charge is 0.401 e. The standard InChI is InChI=1S/C13H16F3NO3/c1-9(10-4-3-5-11(6-10)20-2)17(7-12(18)19)8-13(14,15)16/h3-6,9H,7-8H2,1-2H3,(H,18,19). The Bertz CT molecular complexity index is 462. The van der Waals surface area contributed by atoms with E-state index >= 15 is 0 Å². The van der Waals surface area contributed by atoms with Crippen LogP contribution in [0, 0.1) is 0 Å². The quantitative estimate of drug-likeness (QED) is 0.875. The number of halogens is 3. The van der Waals surface area contributed by atoms with Gasteiger partial charge >= 0.3 is 12.1 Å². The molecule has 112 valence electrons. The summed E-state index contributed by atoms with van der Waals surface area (Å²) in [6.45, 7) is -0.432. The maximum Gasteiger partial charge on any atom is 0.401 e. The normalized spacial score (nSPS) is 13.3. The number of ether oxygens (including phenoxy) is 1. The van der Waals surface area contributed by atoms with Gasteiger partial charge in [0.15, 0.2) is 0 Å². The van der Waals surface area contributed by atoms with E-state index in [2.05, 4.69) is 0 Å². The highest BCUT2D eigenvalue weighted by atomic mass is 19.4. The van der Waals surface area contributed by atoms with Crippen LogP contribution in [0.25, 0.3) is 0 Å². The predicted molar refractivity (Wildman–Crippen MR) is 66.7 cm³/mol. The molecule has 1 aromatic carbocycles. The third-order valence-corrected chi connectivity index (χ3v) is 2.84. The third kappa shape index (κ3) is 5.08. The molecule has 0 aliphatic carbocycles. The lowest BCUT2D eigenvalue weighted by Crippen LogP contribution is -2.39. The van der Waals surface area contributed by atoms with Gasteiger partial charge in [0, 0.05) is 6.04 Å². The van der Waals surface area contributed by atoms with Crippen molar-refractivity contribution in [2.24, 2.45) is 0 Å². The minimum atomic E-state index is -4.46. The van der Waals surface area contributed by atoms with Crippen molar-refractivity contribution in [3.8, 4) is 5.75 Å². The number of methoxy groups -OCH3 is 1. The molecule has 1 aromatic rings. The van der Waals surface area contributed by atoms with E-state index in [1.54, 1.807) is 24.3 Å². The van der Waals surface area contributed by atoms with E-state index in [9.17, 15) is 18.0 Å². The van der Waals surface area contributed by atoms with Gasteiger partial charge in [-0.2, -0.15) is 13.2 Å². The van der Waals surface area contributed by atoms with Crippen molar-refractivity contribution in [1.29, 1.82) is 0 Å². The van der Waals surface area contributed by atoms with Gasteiger partial charge in [0.2, 0.25) is 0 Å². The van der Waals surface area contributed by atoms with Crippen molar-refractivity contribution in [1.82, 2.24) is 4.90 Å². The van der Waals surface area contributed by atoms with Gasteiger partial charge in [0.25, 0.3) is 0 Å². The second-order valence-corrected chi connectivity index (χ2v) is 4.37. The summed E-state index contributed by atoms with van der Waals surface area (Å²) in [5.74, 6) is -0.791. The van der Waals surface area contributed by atoms with Gasteiger partial charge in [0.1, 0.15) is 5.75 Å². The molecule has 0 aliphatic rings. The Morgan fingerprint density at radius 2 is 2.10 bits per heavy atom. The molecule has 0 amide bonds. The Kier molecular flexibility index (Phi) is 5.38. The summed E-state index contributed by atoms with van der Waals surface area (Å²) in [5.41, 5.74) is 0.565. The molecule has 0 radical (unpaired) electrons. The summed E-state index contributed by atoms with van der Waals surface area (Å²) in [4.78, 5) is 11.6. The molecule has 1 unspecified atom stereocenters. The van der Waals surface area contributed by atoms with Crippen LogP contribution < -0.4 is 4.74 Å². The zero-order valence-electron chi connectivity index (χ0n) is 11.1. The number of benzene rings is 1. The van der Waals surface area contributed by atoms with Gasteiger partial charge in [-0.1, -0.05) is 12.1 Å². The summed E-state index contributed by atoms with van der Waals surface area (Å²) in [6.07, 6.45) is -4.46. The summed E-state index contributed by atoms with van der Waals surface area (Å²) >= 11 is 0. The largest absolute Gasteiger partial charge is 0.497 e. The van der Waals surface area contributed by atoms with Crippen LogP contribution in [0.5, 0.6) is 5.75 Å². The van der Waals surface area contributed by atoms with Crippen LogP contribution in [-0.4, -0.2) is 42.4 Å². The number of aliphatic carboxylic acids is 1. The Balaban J connectivity index is 2.96. The molecule has 7 heteroatoms. The molecule has 1 rings (SSSR count). The monoisotopic (exact) mass is 291 g/mol. The molecule has 0 aliphatic heterocycles. The Morgan fingerprint density at radius 1 is 1.45 bits per heavy atom. The molecule has 0 heterocycles. The van der Waals surface area contributed by atoms with Gasteiger partial charge in [-0.3, -0.25) is 9.69 Å². The van der Waals surface area contributed by atoms with Crippen molar-refractivity contribution in [2.75, 3.05) is 20.2 Å². The average molecular weight is 291 g/mol. The number of nitrogens with zero attached hydrogens (tertiary/aromatic N) is 1. The first-order valence-electron chi connectivity index (χ1n) is 5.89. The Morgan fingerprint density at radius 3 is 2.60 bits per heavy atom. The van der Waals surface area contributed by atoms with Gasteiger partial charge in [-0.15, -0.1) is 0 Å². The Labute approximate surface area is 114 Å². The highest BCUT2D eigenvalue weighted by Gasteiger charge is 2.34. The maximum atomic E-state index is 12.5. The Hall–Kier alpha value is -1.76. The molecule has 0 saturated heterocycles. The fourth-order valence-corrected chi connectivity index (χ4v) is 1.85. The van der Waals surface area contributed by atoms with Crippen LogP contribution >= 0.6 is 0 Å². The lowest BCUT2D eigenvalue weighted by Gasteiger charge is -2.28. The molecule has 1 N–H and O–H groups in total. The van der Waals surface area contributed by atoms with E-state index in [1.165, 1.54) is 14.0 Å². The highest BCUT2D eigenvalue weighted by Crippen LogP contribution is 2.27. The first-order chi connectivity index (χ1) is 9.23. The number of carboxylic acid groups (broad SMARTS) is 1. The van der Waals surface area contributed by atoms with E-state index in [0.29, 0.717) is 11.3 Å². The van der Waals surface area contributed by atoms with E-state index in [1.807, 2.05) is 0 Å². The third-order valence-electron chi connectivity index (χ3n) is 2.84. The lowest BCUT2D eigenvalue weighted by molar-refractivity contribution is -0.157. The van der Waals surface area contributed by atoms with Crippen LogP contribution in [0.3, 0.4) is 0 Å². The van der Waals surface area contributed by atoms with Crippen molar-refractivity contribution in [2.45, 2.75) is 19.1 Å². The number of rotatable bonds is 6. The lowest BCUT2D eigenvalue weighted by atomic mass is 10.1. The summed E-state index contributed by atoms with van der Waals surface area (Å²) < 4.78 is 42.6. The van der Waals surface area contributed by atoms with Crippen LogP contribution in [0.1, 0.15) is 18.5 Å². The fraction of sp³-hybridized carbons (Fsp3) is 0.462. The number of carbonyl (C=O) groups is 1. The molecular formula is C13H16F3NO3. The van der Waals surface area contributed by atoms with Crippen LogP contribution in [0.2, 0.25) is 0 Å². The number of hydrogen-bond acceptors (Lipinski definition) is 3. The first kappa shape index (κ1) is 16.3. The van der Waals surface area contributed by atoms with Crippen molar-refractivity contribution < 1.29 is 27.8 Å². The second kappa shape index (κ2) is 6.60. The molecular weight excluding hydrogens is 275 g/mol. The fourth-order valence-electron chi connectivity index (χ4n) is 1.85. The molecule has 20 heavy (non-hydrogen) atoms. The minimum absolute atomic E-state index is 0.511. The van der Waals surface area contributed by atoms with Gasteiger partial charge in [0.05, 0.1) is 20.2 Å². The van der Waals surface area contributed by atoms with Crippen molar-refractivity contribution >= 4 is 5.97 Å². The maximum absolute atomic E-state index is 12.5. The van der Waals surface area contributed by atoms with Crippen LogP contribution in [0.15, 0.2) is 24.3 Å². The molecule has 0 saturated carbocycles. The van der Waals surface area contributed by atoms with E-state index in [-0.39, 0.29) is 0 Å². The average Bonchev–Trinajstić information content (AvgIpc) is 2.35. The molecule has 0 bridgehead atoms. The van der Waals surface area contributed by atoms with Crippen molar-refractivity contribution in [3.63, 3.8) is 0 Å². The van der Waals surface area contributed by atoms with E-state index < -0.39 is 31.3 Å². The summed E-state index contributed by atoms with van der Waals surface area (Å²) in [7, 11) is 1.45. The van der Waals surface area contributed by atoms with Crippen LogP contribution in [-0.2, 0) is 4.79 Å². The predicted octanol–water partition coefficient (Wildman–Crippen LogP) is 2.71. The summed E-state index contributed by atoms with van der Waals surface area (Å²) in [5, 5.41) is 8.74. The summed E-state index contributed by atoms with van der Waals surface area (Å²) in [6, 6.07) is 5.86. The number of carboxylic acids is 1. The zero-order valence-corrected chi connectivity index (χ0v) is 11.1. The minimum Gasteiger partial charge on any atom is -0.497 e. The first-order valence-corrected chi connectivity index (χ1v) is 5.89. The molecule has 0 spiro atoms. The van der Waals surface area contributed by atoms with Gasteiger partial charge < -0.3 is 9.84 Å².